The van der Waals surface area contributed by atoms with Gasteiger partial charge in [-0.1, -0.05) is 24.3 Å². The Hall–Kier alpha value is -4.58. The van der Waals surface area contributed by atoms with Gasteiger partial charge in [0.05, 0.1) is 22.0 Å². The van der Waals surface area contributed by atoms with Gasteiger partial charge in [-0.2, -0.15) is 0 Å². The van der Waals surface area contributed by atoms with Crippen molar-refractivity contribution in [3.05, 3.63) is 94.7 Å². The topological polar surface area (TPSA) is 112 Å². The number of carbonyl (C=O) groups is 1. The number of aromatic nitrogens is 2. The van der Waals surface area contributed by atoms with Crippen LogP contribution in [0.5, 0.6) is 11.5 Å². The number of rotatable bonds is 7. The van der Waals surface area contributed by atoms with Gasteiger partial charge in [-0.25, -0.2) is 17.5 Å². The molecular formula is C27H25FN4O6S. The van der Waals surface area contributed by atoms with Gasteiger partial charge in [0.25, 0.3) is 15.6 Å². The zero-order valence-electron chi connectivity index (χ0n) is 21.1. The van der Waals surface area contributed by atoms with E-state index >= 15 is 0 Å². The van der Waals surface area contributed by atoms with E-state index in [2.05, 4.69) is 5.32 Å². The molecule has 0 atom stereocenters. The highest BCUT2D eigenvalue weighted by molar-refractivity contribution is 7.92. The van der Waals surface area contributed by atoms with Crippen LogP contribution in [0.1, 0.15) is 5.69 Å². The number of amides is 1. The maximum atomic E-state index is 14.1. The molecule has 0 bridgehead atoms. The van der Waals surface area contributed by atoms with Crippen molar-refractivity contribution >= 4 is 27.3 Å². The molecule has 1 aromatic heterocycles. The molecule has 0 saturated heterocycles. The Balaban J connectivity index is 1.49. The first-order valence-corrected chi connectivity index (χ1v) is 13.4. The van der Waals surface area contributed by atoms with Crippen molar-refractivity contribution in [2.75, 3.05) is 29.4 Å². The van der Waals surface area contributed by atoms with E-state index in [9.17, 15) is 22.4 Å². The molecule has 1 N–H and O–H groups in total. The van der Waals surface area contributed by atoms with Crippen LogP contribution in [0, 0.1) is 12.7 Å². The monoisotopic (exact) mass is 552 g/mol. The van der Waals surface area contributed by atoms with Crippen LogP contribution in [-0.4, -0.2) is 43.4 Å². The van der Waals surface area contributed by atoms with Crippen molar-refractivity contribution in [2.24, 2.45) is 7.05 Å². The Morgan fingerprint density at radius 2 is 1.72 bits per heavy atom. The minimum atomic E-state index is -4.38. The van der Waals surface area contributed by atoms with E-state index in [1.165, 1.54) is 35.0 Å². The molecule has 2 heterocycles. The third-order valence-electron chi connectivity index (χ3n) is 6.30. The van der Waals surface area contributed by atoms with Gasteiger partial charge in [-0.05, 0) is 49.4 Å². The fraction of sp³-hybridized carbons (Fsp3) is 0.185. The van der Waals surface area contributed by atoms with Crippen molar-refractivity contribution in [3.8, 4) is 17.2 Å². The maximum Gasteiger partial charge on any atom is 0.295 e. The highest BCUT2D eigenvalue weighted by Crippen LogP contribution is 2.34. The lowest BCUT2D eigenvalue weighted by atomic mass is 10.3. The number of benzene rings is 3. The molecule has 0 aliphatic carbocycles. The van der Waals surface area contributed by atoms with E-state index in [4.69, 9.17) is 9.47 Å². The first-order valence-electron chi connectivity index (χ1n) is 12.0. The van der Waals surface area contributed by atoms with Crippen LogP contribution in [0.2, 0.25) is 0 Å². The number of sulfonamides is 1. The number of fused-ring (bicyclic) bond motifs is 1. The first kappa shape index (κ1) is 26.0. The summed E-state index contributed by atoms with van der Waals surface area (Å²) in [5.41, 5.74) is 0.510. The molecule has 0 saturated carbocycles. The summed E-state index contributed by atoms with van der Waals surface area (Å²) in [5, 5.41) is 2.56. The van der Waals surface area contributed by atoms with Crippen LogP contribution >= 0.6 is 0 Å². The first-order chi connectivity index (χ1) is 18.7. The lowest BCUT2D eigenvalue weighted by Crippen LogP contribution is -2.39. The molecule has 12 heteroatoms. The van der Waals surface area contributed by atoms with Gasteiger partial charge in [0.1, 0.15) is 31.3 Å². The molecule has 0 fully saturated rings. The van der Waals surface area contributed by atoms with Crippen LogP contribution in [-0.2, 0) is 21.9 Å². The van der Waals surface area contributed by atoms with E-state index < -0.39 is 33.9 Å². The molecule has 0 radical (unpaired) electrons. The van der Waals surface area contributed by atoms with Crippen molar-refractivity contribution in [1.29, 1.82) is 0 Å². The summed E-state index contributed by atoms with van der Waals surface area (Å²) in [6.07, 6.45) is 0. The minimum Gasteiger partial charge on any atom is -0.486 e. The molecule has 4 aromatic rings. The molecule has 1 aliphatic heterocycles. The predicted octanol–water partition coefficient (Wildman–Crippen LogP) is 3.23. The van der Waals surface area contributed by atoms with Gasteiger partial charge < -0.3 is 14.8 Å². The SMILES string of the molecule is Cc1c(NC(=O)CN(c2cccc(F)c2)S(=O)(=O)c2ccc3c(c2)OCCO3)c(=O)n(-c2ccccc2)n1C. The summed E-state index contributed by atoms with van der Waals surface area (Å²) in [5.74, 6) is -0.830. The second-order valence-electron chi connectivity index (χ2n) is 8.78. The van der Waals surface area contributed by atoms with Gasteiger partial charge in [-0.3, -0.25) is 18.6 Å². The van der Waals surface area contributed by atoms with Crippen molar-refractivity contribution in [2.45, 2.75) is 11.8 Å². The number of halogens is 1. The van der Waals surface area contributed by atoms with Crippen LogP contribution in [0.4, 0.5) is 15.8 Å². The summed E-state index contributed by atoms with van der Waals surface area (Å²) >= 11 is 0. The average molecular weight is 553 g/mol. The molecule has 202 valence electrons. The smallest absolute Gasteiger partial charge is 0.295 e. The predicted molar refractivity (Wildman–Crippen MR) is 143 cm³/mol. The standard InChI is InChI=1S/C27H25FN4O6S/c1-18-26(27(34)32(30(18)2)20-8-4-3-5-9-20)29-25(33)17-31(21-10-6-7-19(28)15-21)39(35,36)22-11-12-23-24(16-22)38-14-13-37-23/h3-12,15-16H,13-14,17H2,1-2H3,(H,29,33). The molecule has 0 spiro atoms. The summed E-state index contributed by atoms with van der Waals surface area (Å²) in [4.78, 5) is 26.3. The number of hydrogen-bond acceptors (Lipinski definition) is 6. The zero-order valence-corrected chi connectivity index (χ0v) is 21.9. The maximum absolute atomic E-state index is 14.1. The molecular weight excluding hydrogens is 527 g/mol. The summed E-state index contributed by atoms with van der Waals surface area (Å²) in [6.45, 7) is 1.52. The second-order valence-corrected chi connectivity index (χ2v) is 10.6. The highest BCUT2D eigenvalue weighted by atomic mass is 32.2. The van der Waals surface area contributed by atoms with Crippen LogP contribution in [0.3, 0.4) is 0 Å². The van der Waals surface area contributed by atoms with E-state index in [1.807, 2.05) is 6.07 Å². The van der Waals surface area contributed by atoms with Gasteiger partial charge in [0.2, 0.25) is 5.91 Å². The van der Waals surface area contributed by atoms with Crippen molar-refractivity contribution in [1.82, 2.24) is 9.36 Å². The minimum absolute atomic E-state index is 0.00210. The van der Waals surface area contributed by atoms with Crippen molar-refractivity contribution < 1.29 is 27.1 Å². The van der Waals surface area contributed by atoms with Gasteiger partial charge in [0, 0.05) is 13.1 Å². The lowest BCUT2D eigenvalue weighted by molar-refractivity contribution is -0.114. The Bertz CT molecular complexity index is 1720. The highest BCUT2D eigenvalue weighted by Gasteiger charge is 2.30. The quantitative estimate of drug-likeness (QED) is 0.377. The second kappa shape index (κ2) is 10.3. The van der Waals surface area contributed by atoms with E-state index in [0.29, 0.717) is 23.7 Å². The Kier molecular flexibility index (Phi) is 6.87. The van der Waals surface area contributed by atoms with Crippen molar-refractivity contribution in [3.63, 3.8) is 0 Å². The zero-order chi connectivity index (χ0) is 27.7. The summed E-state index contributed by atoms with van der Waals surface area (Å²) in [7, 11) is -2.70. The van der Waals surface area contributed by atoms with E-state index in [0.717, 1.165) is 16.4 Å². The summed E-state index contributed by atoms with van der Waals surface area (Å²) < 4.78 is 56.4. The fourth-order valence-corrected chi connectivity index (χ4v) is 5.71. The van der Waals surface area contributed by atoms with E-state index in [-0.39, 0.29) is 28.6 Å². The number of ether oxygens (including phenoxy) is 2. The number of para-hydroxylation sites is 1. The molecule has 1 amide bonds. The third-order valence-corrected chi connectivity index (χ3v) is 8.07. The van der Waals surface area contributed by atoms with Crippen LogP contribution in [0.25, 0.3) is 5.69 Å². The molecule has 5 rings (SSSR count). The van der Waals surface area contributed by atoms with E-state index in [1.54, 1.807) is 42.9 Å². The number of anilines is 2. The number of nitrogens with zero attached hydrogens (tertiary/aromatic N) is 3. The molecule has 10 nitrogen and oxygen atoms in total. The van der Waals surface area contributed by atoms with Gasteiger partial charge in [0.15, 0.2) is 11.5 Å². The molecule has 3 aromatic carbocycles. The van der Waals surface area contributed by atoms with Crippen LogP contribution < -0.4 is 24.7 Å². The number of carbonyl (C=O) groups excluding carboxylic acids is 1. The van der Waals surface area contributed by atoms with Gasteiger partial charge >= 0.3 is 0 Å². The Morgan fingerprint density at radius 1 is 1.00 bits per heavy atom. The largest absolute Gasteiger partial charge is 0.486 e. The molecule has 39 heavy (non-hydrogen) atoms. The molecule has 0 unspecified atom stereocenters. The van der Waals surface area contributed by atoms with Gasteiger partial charge in [-0.15, -0.1) is 0 Å². The number of hydrogen-bond donors (Lipinski definition) is 1. The average Bonchev–Trinajstić information content (AvgIpc) is 3.14. The lowest BCUT2D eigenvalue weighted by Gasteiger charge is -2.25. The number of nitrogens with one attached hydrogen (secondary N) is 1. The third kappa shape index (κ3) is 4.98. The van der Waals surface area contributed by atoms with Crippen LogP contribution in [0.15, 0.2) is 82.5 Å². The fourth-order valence-electron chi connectivity index (χ4n) is 4.28. The Labute approximate surface area is 223 Å². The molecule has 1 aliphatic rings. The Morgan fingerprint density at radius 3 is 2.44 bits per heavy atom. The normalized spacial score (nSPS) is 12.7. The summed E-state index contributed by atoms with van der Waals surface area (Å²) in [6, 6.07) is 17.9.